The lowest BCUT2D eigenvalue weighted by Gasteiger charge is -2.26. The molecule has 0 amide bonds. The van der Waals surface area contributed by atoms with E-state index in [9.17, 15) is 9.50 Å². The molecule has 1 unspecified atom stereocenters. The molecule has 2 nitrogen and oxygen atoms in total. The van der Waals surface area contributed by atoms with E-state index in [0.717, 1.165) is 19.5 Å². The maximum atomic E-state index is 13.8. The van der Waals surface area contributed by atoms with E-state index >= 15 is 0 Å². The van der Waals surface area contributed by atoms with E-state index < -0.39 is 11.4 Å². The summed E-state index contributed by atoms with van der Waals surface area (Å²) in [6.07, 6.45) is 2.60. The zero-order valence-electron chi connectivity index (χ0n) is 9.68. The van der Waals surface area contributed by atoms with Gasteiger partial charge in [0.05, 0.1) is 10.6 Å². The third-order valence-corrected chi connectivity index (χ3v) is 3.61. The van der Waals surface area contributed by atoms with Gasteiger partial charge in [-0.15, -0.1) is 0 Å². The third-order valence-electron chi connectivity index (χ3n) is 3.31. The van der Waals surface area contributed by atoms with Crippen LogP contribution in [-0.2, 0) is 6.42 Å². The van der Waals surface area contributed by atoms with E-state index in [-0.39, 0.29) is 5.02 Å². The minimum absolute atomic E-state index is 0.123. The van der Waals surface area contributed by atoms with Gasteiger partial charge in [-0.1, -0.05) is 23.7 Å². The van der Waals surface area contributed by atoms with Crippen molar-refractivity contribution in [2.24, 2.45) is 0 Å². The molecule has 0 radical (unpaired) electrons. The zero-order valence-corrected chi connectivity index (χ0v) is 10.4. The van der Waals surface area contributed by atoms with Crippen molar-refractivity contribution < 1.29 is 9.50 Å². The van der Waals surface area contributed by atoms with Crippen LogP contribution in [0.5, 0.6) is 0 Å². The Morgan fingerprint density at radius 3 is 3.00 bits per heavy atom. The van der Waals surface area contributed by atoms with Crippen LogP contribution in [0.3, 0.4) is 0 Å². The van der Waals surface area contributed by atoms with Crippen LogP contribution < -0.4 is 5.32 Å². The highest BCUT2D eigenvalue weighted by Crippen LogP contribution is 2.27. The lowest BCUT2D eigenvalue weighted by Crippen LogP contribution is -2.32. The second kappa shape index (κ2) is 5.34. The zero-order chi connectivity index (χ0) is 12.3. The van der Waals surface area contributed by atoms with Gasteiger partial charge in [-0.25, -0.2) is 4.39 Å². The van der Waals surface area contributed by atoms with Crippen molar-refractivity contribution in [1.29, 1.82) is 0 Å². The van der Waals surface area contributed by atoms with Gasteiger partial charge in [0.2, 0.25) is 0 Å². The second-order valence-electron chi connectivity index (χ2n) is 4.72. The Morgan fingerprint density at radius 1 is 1.35 bits per heavy atom. The van der Waals surface area contributed by atoms with Gasteiger partial charge in [-0.2, -0.15) is 0 Å². The lowest BCUT2D eigenvalue weighted by atomic mass is 9.87. The molecular weight excluding hydrogens is 241 g/mol. The second-order valence-corrected chi connectivity index (χ2v) is 5.12. The summed E-state index contributed by atoms with van der Waals surface area (Å²) in [5.74, 6) is -0.403. The monoisotopic (exact) mass is 257 g/mol. The quantitative estimate of drug-likeness (QED) is 0.853. The van der Waals surface area contributed by atoms with Crippen LogP contribution in [0.4, 0.5) is 4.39 Å². The Kier molecular flexibility index (Phi) is 4.02. The van der Waals surface area contributed by atoms with Gasteiger partial charge in [0.1, 0.15) is 5.82 Å². The summed E-state index contributed by atoms with van der Waals surface area (Å²) in [6.45, 7) is 1.69. The molecule has 94 valence electrons. The van der Waals surface area contributed by atoms with Gasteiger partial charge in [-0.3, -0.25) is 0 Å². The first-order chi connectivity index (χ1) is 8.11. The number of hydrogen-bond donors (Lipinski definition) is 2. The molecule has 0 aliphatic carbocycles. The summed E-state index contributed by atoms with van der Waals surface area (Å²) in [4.78, 5) is 0. The largest absolute Gasteiger partial charge is 0.389 e. The van der Waals surface area contributed by atoms with Crippen LogP contribution in [0.2, 0.25) is 5.02 Å². The molecule has 1 fully saturated rings. The standard InChI is InChI=1S/C13H17ClFNO/c14-11-4-1-3-10(12(11)15)9-13(17)5-2-7-16-8-6-13/h1,3-4,16-17H,2,5-9H2. The highest BCUT2D eigenvalue weighted by molar-refractivity contribution is 6.30. The van der Waals surface area contributed by atoms with E-state index in [2.05, 4.69) is 5.32 Å². The van der Waals surface area contributed by atoms with Crippen molar-refractivity contribution in [2.45, 2.75) is 31.3 Å². The van der Waals surface area contributed by atoms with E-state index in [0.29, 0.717) is 24.8 Å². The lowest BCUT2D eigenvalue weighted by molar-refractivity contribution is 0.0277. The summed E-state index contributed by atoms with van der Waals surface area (Å²) in [5.41, 5.74) is -0.309. The van der Waals surface area contributed by atoms with Crippen molar-refractivity contribution in [3.8, 4) is 0 Å². The van der Waals surface area contributed by atoms with Gasteiger partial charge in [0, 0.05) is 6.42 Å². The minimum Gasteiger partial charge on any atom is -0.389 e. The van der Waals surface area contributed by atoms with Crippen molar-refractivity contribution in [3.63, 3.8) is 0 Å². The molecule has 2 N–H and O–H groups in total. The van der Waals surface area contributed by atoms with Crippen LogP contribution in [0.25, 0.3) is 0 Å². The maximum Gasteiger partial charge on any atom is 0.145 e. The van der Waals surface area contributed by atoms with Crippen molar-refractivity contribution in [1.82, 2.24) is 5.32 Å². The fourth-order valence-electron chi connectivity index (χ4n) is 2.33. The Morgan fingerprint density at radius 2 is 2.18 bits per heavy atom. The normalized spacial score (nSPS) is 25.6. The Balaban J connectivity index is 2.15. The van der Waals surface area contributed by atoms with E-state index in [4.69, 9.17) is 11.6 Å². The molecule has 2 rings (SSSR count). The molecule has 0 spiro atoms. The molecule has 0 saturated carbocycles. The molecule has 1 saturated heterocycles. The molecule has 4 heteroatoms. The molecule has 1 aliphatic rings. The topological polar surface area (TPSA) is 32.3 Å². The molecule has 1 aliphatic heterocycles. The molecule has 1 aromatic carbocycles. The molecule has 0 aromatic heterocycles. The highest BCUT2D eigenvalue weighted by atomic mass is 35.5. The summed E-state index contributed by atoms with van der Waals surface area (Å²) < 4.78 is 13.8. The Hall–Kier alpha value is -0.640. The number of aliphatic hydroxyl groups is 1. The summed E-state index contributed by atoms with van der Waals surface area (Å²) in [5, 5.41) is 13.8. The van der Waals surface area contributed by atoms with Crippen molar-refractivity contribution in [3.05, 3.63) is 34.6 Å². The van der Waals surface area contributed by atoms with Crippen LogP contribution in [0.15, 0.2) is 18.2 Å². The molecule has 1 aromatic rings. The fraction of sp³-hybridized carbons (Fsp3) is 0.538. The number of benzene rings is 1. The van der Waals surface area contributed by atoms with Gasteiger partial charge in [-0.05, 0) is 44.0 Å². The van der Waals surface area contributed by atoms with E-state index in [1.165, 1.54) is 6.07 Å². The molecule has 1 atom stereocenters. The minimum atomic E-state index is -0.810. The Labute approximate surface area is 106 Å². The molecular formula is C13H17ClFNO. The predicted molar refractivity (Wildman–Crippen MR) is 66.8 cm³/mol. The first-order valence-corrected chi connectivity index (χ1v) is 6.34. The smallest absolute Gasteiger partial charge is 0.145 e. The Bertz CT molecular complexity index is 389. The first kappa shape index (κ1) is 12.8. The number of halogens is 2. The molecule has 17 heavy (non-hydrogen) atoms. The summed E-state index contributed by atoms with van der Waals surface area (Å²) in [6, 6.07) is 4.94. The van der Waals surface area contributed by atoms with Crippen LogP contribution in [0, 0.1) is 5.82 Å². The summed E-state index contributed by atoms with van der Waals surface area (Å²) >= 11 is 5.74. The maximum absolute atomic E-state index is 13.8. The van der Waals surface area contributed by atoms with Gasteiger partial charge >= 0.3 is 0 Å². The fourth-order valence-corrected chi connectivity index (χ4v) is 2.52. The molecule has 1 heterocycles. The van der Waals surface area contributed by atoms with Crippen molar-refractivity contribution >= 4 is 11.6 Å². The van der Waals surface area contributed by atoms with Crippen molar-refractivity contribution in [2.75, 3.05) is 13.1 Å². The van der Waals surface area contributed by atoms with Gasteiger partial charge < -0.3 is 10.4 Å². The SMILES string of the molecule is OC1(Cc2cccc(Cl)c2F)CCCNCC1. The van der Waals surface area contributed by atoms with Gasteiger partial charge in [0.15, 0.2) is 0 Å². The average Bonchev–Trinajstić information content (AvgIpc) is 2.50. The summed E-state index contributed by atoms with van der Waals surface area (Å²) in [7, 11) is 0. The number of rotatable bonds is 2. The van der Waals surface area contributed by atoms with E-state index in [1.54, 1.807) is 12.1 Å². The highest BCUT2D eigenvalue weighted by Gasteiger charge is 2.29. The van der Waals surface area contributed by atoms with Crippen LogP contribution in [-0.4, -0.2) is 23.8 Å². The van der Waals surface area contributed by atoms with Gasteiger partial charge in [0.25, 0.3) is 0 Å². The average molecular weight is 258 g/mol. The first-order valence-electron chi connectivity index (χ1n) is 5.97. The van der Waals surface area contributed by atoms with E-state index in [1.807, 2.05) is 0 Å². The number of nitrogens with one attached hydrogen (secondary N) is 1. The van der Waals surface area contributed by atoms with Crippen LogP contribution in [0.1, 0.15) is 24.8 Å². The number of hydrogen-bond acceptors (Lipinski definition) is 2. The van der Waals surface area contributed by atoms with Crippen LogP contribution >= 0.6 is 11.6 Å². The molecule has 0 bridgehead atoms. The predicted octanol–water partition coefficient (Wildman–Crippen LogP) is 2.53. The third kappa shape index (κ3) is 3.18.